The van der Waals surface area contributed by atoms with Gasteiger partial charge in [0.2, 0.25) is 5.91 Å². The molecule has 1 amide bonds. The zero-order valence-electron chi connectivity index (χ0n) is 11.5. The van der Waals surface area contributed by atoms with Gasteiger partial charge in [0.1, 0.15) is 5.75 Å². The summed E-state index contributed by atoms with van der Waals surface area (Å²) in [6.45, 7) is 6.35. The lowest BCUT2D eigenvalue weighted by molar-refractivity contribution is -0.116. The fourth-order valence-electron chi connectivity index (χ4n) is 1.52. The van der Waals surface area contributed by atoms with Crippen LogP contribution in [0.5, 0.6) is 5.75 Å². The van der Waals surface area contributed by atoms with E-state index in [0.717, 1.165) is 6.42 Å². The van der Waals surface area contributed by atoms with E-state index in [0.29, 0.717) is 23.5 Å². The Kier molecular flexibility index (Phi) is 4.59. The first-order valence-electron chi connectivity index (χ1n) is 6.05. The number of hydrogen-bond donors (Lipinski definition) is 2. The van der Waals surface area contributed by atoms with Crippen LogP contribution in [0.25, 0.3) is 0 Å². The Morgan fingerprint density at radius 3 is 2.56 bits per heavy atom. The minimum Gasteiger partial charge on any atom is -0.495 e. The third kappa shape index (κ3) is 4.65. The lowest BCUT2D eigenvalue weighted by Crippen LogP contribution is -2.15. The molecular weight excluding hydrogens is 228 g/mol. The van der Waals surface area contributed by atoms with Crippen molar-refractivity contribution in [2.24, 2.45) is 5.41 Å². The van der Waals surface area contributed by atoms with E-state index < -0.39 is 0 Å². The molecule has 100 valence electrons. The second-order valence-corrected chi connectivity index (χ2v) is 5.57. The first-order chi connectivity index (χ1) is 8.31. The number of hydrogen-bond acceptors (Lipinski definition) is 3. The van der Waals surface area contributed by atoms with E-state index >= 15 is 0 Å². The Hall–Kier alpha value is -1.71. The Labute approximate surface area is 109 Å². The van der Waals surface area contributed by atoms with Gasteiger partial charge >= 0.3 is 0 Å². The van der Waals surface area contributed by atoms with E-state index in [1.807, 2.05) is 0 Å². The highest BCUT2D eigenvalue weighted by atomic mass is 16.5. The quantitative estimate of drug-likeness (QED) is 0.807. The molecule has 0 radical (unpaired) electrons. The number of amides is 1. The van der Waals surface area contributed by atoms with Crippen LogP contribution in [0.1, 0.15) is 33.6 Å². The van der Waals surface area contributed by atoms with Crippen molar-refractivity contribution in [1.82, 2.24) is 0 Å². The molecule has 0 unspecified atom stereocenters. The van der Waals surface area contributed by atoms with Crippen molar-refractivity contribution in [3.8, 4) is 5.75 Å². The molecule has 0 heterocycles. The fraction of sp³-hybridized carbons (Fsp3) is 0.500. The average molecular weight is 250 g/mol. The number of nitrogens with one attached hydrogen (secondary N) is 1. The van der Waals surface area contributed by atoms with Gasteiger partial charge < -0.3 is 15.8 Å². The van der Waals surface area contributed by atoms with Crippen LogP contribution in [0.3, 0.4) is 0 Å². The Bertz CT molecular complexity index is 422. The second-order valence-electron chi connectivity index (χ2n) is 5.57. The van der Waals surface area contributed by atoms with Gasteiger partial charge in [-0.1, -0.05) is 20.8 Å². The maximum atomic E-state index is 11.7. The van der Waals surface area contributed by atoms with Crippen molar-refractivity contribution in [3.05, 3.63) is 18.2 Å². The second kappa shape index (κ2) is 5.76. The molecule has 4 nitrogen and oxygen atoms in total. The molecule has 0 saturated heterocycles. The molecule has 0 atom stereocenters. The van der Waals surface area contributed by atoms with E-state index in [1.54, 1.807) is 25.3 Å². The van der Waals surface area contributed by atoms with E-state index in [9.17, 15) is 4.79 Å². The SMILES string of the molecule is COc1ccc(NC(=O)CCC(C)(C)C)cc1N. The average Bonchev–Trinajstić information content (AvgIpc) is 2.26. The molecule has 0 aliphatic rings. The van der Waals surface area contributed by atoms with Gasteiger partial charge in [0.05, 0.1) is 12.8 Å². The van der Waals surface area contributed by atoms with Crippen LogP contribution in [0.2, 0.25) is 0 Å². The first-order valence-corrected chi connectivity index (χ1v) is 6.05. The van der Waals surface area contributed by atoms with Gasteiger partial charge in [0.15, 0.2) is 0 Å². The van der Waals surface area contributed by atoms with Crippen LogP contribution in [0.4, 0.5) is 11.4 Å². The number of nitrogens with two attached hydrogens (primary N) is 1. The molecule has 0 aliphatic carbocycles. The summed E-state index contributed by atoms with van der Waals surface area (Å²) in [5, 5.41) is 2.83. The van der Waals surface area contributed by atoms with Gasteiger partial charge in [-0.25, -0.2) is 0 Å². The number of carbonyl (C=O) groups is 1. The van der Waals surface area contributed by atoms with Crippen LogP contribution < -0.4 is 15.8 Å². The minimum atomic E-state index is 0.00879. The predicted molar refractivity (Wildman–Crippen MR) is 74.7 cm³/mol. The molecule has 1 aromatic carbocycles. The van der Waals surface area contributed by atoms with Crippen molar-refractivity contribution in [2.45, 2.75) is 33.6 Å². The largest absolute Gasteiger partial charge is 0.495 e. The number of carbonyl (C=O) groups excluding carboxylic acids is 1. The predicted octanol–water partition coefficient (Wildman–Crippen LogP) is 3.04. The highest BCUT2D eigenvalue weighted by Crippen LogP contribution is 2.25. The topological polar surface area (TPSA) is 64.3 Å². The van der Waals surface area contributed by atoms with Gasteiger partial charge in [-0.15, -0.1) is 0 Å². The van der Waals surface area contributed by atoms with Crippen LogP contribution >= 0.6 is 0 Å². The van der Waals surface area contributed by atoms with Crippen molar-refractivity contribution in [2.75, 3.05) is 18.2 Å². The summed E-state index contributed by atoms with van der Waals surface area (Å²) in [6.07, 6.45) is 1.36. The molecule has 1 rings (SSSR count). The number of benzene rings is 1. The molecular formula is C14H22N2O2. The molecule has 1 aromatic rings. The van der Waals surface area contributed by atoms with Gasteiger partial charge in [-0.3, -0.25) is 4.79 Å². The minimum absolute atomic E-state index is 0.00879. The highest BCUT2D eigenvalue weighted by molar-refractivity contribution is 5.91. The molecule has 0 saturated carbocycles. The summed E-state index contributed by atoms with van der Waals surface area (Å²) in [5.74, 6) is 0.622. The lowest BCUT2D eigenvalue weighted by atomic mass is 9.90. The van der Waals surface area contributed by atoms with Crippen molar-refractivity contribution < 1.29 is 9.53 Å². The molecule has 18 heavy (non-hydrogen) atoms. The summed E-state index contributed by atoms with van der Waals surface area (Å²) >= 11 is 0. The Balaban J connectivity index is 2.57. The van der Waals surface area contributed by atoms with E-state index in [2.05, 4.69) is 26.1 Å². The van der Waals surface area contributed by atoms with E-state index in [1.165, 1.54) is 0 Å². The maximum absolute atomic E-state index is 11.7. The standard InChI is InChI=1S/C14H22N2O2/c1-14(2,3)8-7-13(17)16-10-5-6-12(18-4)11(15)9-10/h5-6,9H,7-8,15H2,1-4H3,(H,16,17). The number of ether oxygens (including phenoxy) is 1. The zero-order chi connectivity index (χ0) is 13.8. The van der Waals surface area contributed by atoms with Crippen molar-refractivity contribution >= 4 is 17.3 Å². The Morgan fingerprint density at radius 2 is 2.06 bits per heavy atom. The third-order valence-electron chi connectivity index (χ3n) is 2.62. The van der Waals surface area contributed by atoms with Crippen LogP contribution in [0, 0.1) is 5.41 Å². The highest BCUT2D eigenvalue weighted by Gasteiger charge is 2.13. The zero-order valence-corrected chi connectivity index (χ0v) is 11.5. The number of nitrogen functional groups attached to an aromatic ring is 1. The molecule has 0 bridgehead atoms. The van der Waals surface area contributed by atoms with Crippen molar-refractivity contribution in [1.29, 1.82) is 0 Å². The van der Waals surface area contributed by atoms with E-state index in [4.69, 9.17) is 10.5 Å². The smallest absolute Gasteiger partial charge is 0.224 e. The van der Waals surface area contributed by atoms with Crippen LogP contribution in [0.15, 0.2) is 18.2 Å². The van der Waals surface area contributed by atoms with Gasteiger partial charge in [-0.2, -0.15) is 0 Å². The number of anilines is 2. The summed E-state index contributed by atoms with van der Waals surface area (Å²) in [4.78, 5) is 11.7. The van der Waals surface area contributed by atoms with E-state index in [-0.39, 0.29) is 11.3 Å². The number of rotatable bonds is 4. The summed E-state index contributed by atoms with van der Waals surface area (Å²) in [5.41, 5.74) is 7.16. The number of methoxy groups -OCH3 is 1. The van der Waals surface area contributed by atoms with Gasteiger partial charge in [0.25, 0.3) is 0 Å². The monoisotopic (exact) mass is 250 g/mol. The van der Waals surface area contributed by atoms with Crippen LogP contribution in [-0.4, -0.2) is 13.0 Å². The third-order valence-corrected chi connectivity index (χ3v) is 2.62. The normalized spacial score (nSPS) is 11.1. The lowest BCUT2D eigenvalue weighted by Gasteiger charge is -2.17. The summed E-state index contributed by atoms with van der Waals surface area (Å²) in [7, 11) is 1.56. The Morgan fingerprint density at radius 1 is 1.39 bits per heavy atom. The van der Waals surface area contributed by atoms with Gasteiger partial charge in [0, 0.05) is 12.1 Å². The molecule has 0 fully saturated rings. The molecule has 3 N–H and O–H groups in total. The summed E-state index contributed by atoms with van der Waals surface area (Å²) in [6, 6.07) is 5.23. The van der Waals surface area contributed by atoms with Gasteiger partial charge in [-0.05, 0) is 30.0 Å². The molecule has 4 heteroatoms. The summed E-state index contributed by atoms with van der Waals surface area (Å²) < 4.78 is 5.06. The molecule has 0 aromatic heterocycles. The molecule has 0 spiro atoms. The van der Waals surface area contributed by atoms with Crippen LogP contribution in [-0.2, 0) is 4.79 Å². The fourth-order valence-corrected chi connectivity index (χ4v) is 1.52. The molecule has 0 aliphatic heterocycles. The first kappa shape index (κ1) is 14.4. The maximum Gasteiger partial charge on any atom is 0.224 e. The van der Waals surface area contributed by atoms with Crippen molar-refractivity contribution in [3.63, 3.8) is 0 Å².